The molecule has 2 nitrogen and oxygen atoms in total. The molecular weight excluding hydrogens is 166 g/mol. The van der Waals surface area contributed by atoms with Gasteiger partial charge in [0.15, 0.2) is 6.29 Å². The smallest absolute Gasteiger partial charge is 0.153 e. The van der Waals surface area contributed by atoms with E-state index in [0.29, 0.717) is 6.07 Å². The van der Waals surface area contributed by atoms with Gasteiger partial charge in [-0.1, -0.05) is 0 Å². The molecule has 0 fully saturated rings. The minimum atomic E-state index is -1.46. The van der Waals surface area contributed by atoms with Crippen LogP contribution in [0.2, 0.25) is 0 Å². The minimum Gasteiger partial charge on any atom is -0.381 e. The molecule has 0 heterocycles. The molecule has 0 radical (unpaired) electrons. The lowest BCUT2D eigenvalue weighted by atomic mass is 10.1. The van der Waals surface area contributed by atoms with Crippen molar-refractivity contribution in [1.29, 1.82) is 0 Å². The van der Waals surface area contributed by atoms with Gasteiger partial charge in [0.2, 0.25) is 0 Å². The molecule has 64 valence electrons. The molecule has 1 atom stereocenters. The Morgan fingerprint density at radius 1 is 1.25 bits per heavy atom. The Labute approximate surface area is 67.4 Å². The second kappa shape index (κ2) is 3.40. The van der Waals surface area contributed by atoms with E-state index in [1.165, 1.54) is 0 Å². The van der Waals surface area contributed by atoms with Gasteiger partial charge in [0.25, 0.3) is 0 Å². The van der Waals surface area contributed by atoms with Gasteiger partial charge in [-0.05, 0) is 17.7 Å². The number of hydrogen-bond acceptors (Lipinski definition) is 2. The topological polar surface area (TPSA) is 37.3 Å². The van der Waals surface area contributed by atoms with Crippen molar-refractivity contribution in [2.75, 3.05) is 0 Å². The van der Waals surface area contributed by atoms with Crippen molar-refractivity contribution < 1.29 is 18.7 Å². The van der Waals surface area contributed by atoms with E-state index >= 15 is 0 Å². The average molecular weight is 172 g/mol. The number of benzene rings is 1. The first kappa shape index (κ1) is 8.80. The average Bonchev–Trinajstić information content (AvgIpc) is 2.01. The van der Waals surface area contributed by atoms with Crippen LogP contribution in [-0.2, 0) is 4.79 Å². The highest BCUT2D eigenvalue weighted by Gasteiger charge is 2.08. The number of aliphatic hydroxyl groups is 1. The van der Waals surface area contributed by atoms with E-state index in [4.69, 9.17) is 5.11 Å². The van der Waals surface area contributed by atoms with E-state index in [-0.39, 0.29) is 11.8 Å². The first-order chi connectivity index (χ1) is 5.63. The van der Waals surface area contributed by atoms with E-state index in [9.17, 15) is 13.6 Å². The van der Waals surface area contributed by atoms with E-state index in [2.05, 4.69) is 0 Å². The van der Waals surface area contributed by atoms with Gasteiger partial charge in [0.1, 0.15) is 17.7 Å². The molecule has 1 aromatic rings. The predicted molar refractivity (Wildman–Crippen MR) is 37.4 cm³/mol. The third kappa shape index (κ3) is 1.85. The number of halogens is 2. The standard InChI is InChI=1S/C8H6F2O2/c9-6-1-5(8(12)4-11)2-7(10)3-6/h1-4,8,12H/t8-/m1/s1. The summed E-state index contributed by atoms with van der Waals surface area (Å²) in [5.41, 5.74) is -0.0810. The summed E-state index contributed by atoms with van der Waals surface area (Å²) < 4.78 is 24.9. The van der Waals surface area contributed by atoms with Crippen molar-refractivity contribution in [1.82, 2.24) is 0 Å². The highest BCUT2D eigenvalue weighted by atomic mass is 19.1. The molecule has 1 rings (SSSR count). The molecule has 1 aromatic carbocycles. The fourth-order valence-electron chi connectivity index (χ4n) is 0.824. The summed E-state index contributed by atoms with van der Waals surface area (Å²) in [7, 11) is 0. The van der Waals surface area contributed by atoms with Crippen LogP contribution in [0.4, 0.5) is 8.78 Å². The molecule has 12 heavy (non-hydrogen) atoms. The lowest BCUT2D eigenvalue weighted by molar-refractivity contribution is -0.115. The van der Waals surface area contributed by atoms with Crippen LogP contribution in [0.25, 0.3) is 0 Å². The predicted octanol–water partition coefficient (Wildman–Crippen LogP) is 1.20. The fourth-order valence-corrected chi connectivity index (χ4v) is 0.824. The summed E-state index contributed by atoms with van der Waals surface area (Å²) in [5.74, 6) is -1.63. The lowest BCUT2D eigenvalue weighted by Crippen LogP contribution is -1.99. The van der Waals surface area contributed by atoms with E-state index < -0.39 is 17.7 Å². The third-order valence-electron chi connectivity index (χ3n) is 1.36. The highest BCUT2D eigenvalue weighted by Crippen LogP contribution is 2.13. The quantitative estimate of drug-likeness (QED) is 0.680. The minimum absolute atomic E-state index is 0.0810. The van der Waals surface area contributed by atoms with Gasteiger partial charge < -0.3 is 9.90 Å². The van der Waals surface area contributed by atoms with Crippen LogP contribution in [0, 0.1) is 11.6 Å². The number of carbonyl (C=O) groups excluding carboxylic acids is 1. The van der Waals surface area contributed by atoms with Crippen molar-refractivity contribution in [3.63, 3.8) is 0 Å². The maximum absolute atomic E-state index is 12.5. The van der Waals surface area contributed by atoms with Crippen molar-refractivity contribution in [2.24, 2.45) is 0 Å². The van der Waals surface area contributed by atoms with Gasteiger partial charge in [-0.2, -0.15) is 0 Å². The number of carbonyl (C=O) groups is 1. The third-order valence-corrected chi connectivity index (χ3v) is 1.36. The molecule has 0 saturated heterocycles. The van der Waals surface area contributed by atoms with Crippen molar-refractivity contribution in [2.45, 2.75) is 6.10 Å². The molecular formula is C8H6F2O2. The molecule has 0 bridgehead atoms. The summed E-state index contributed by atoms with van der Waals surface area (Å²) >= 11 is 0. The van der Waals surface area contributed by atoms with Gasteiger partial charge in [0.05, 0.1) is 0 Å². The lowest BCUT2D eigenvalue weighted by Gasteiger charge is -2.02. The summed E-state index contributed by atoms with van der Waals surface area (Å²) in [4.78, 5) is 10.0. The zero-order valence-corrected chi connectivity index (χ0v) is 6.00. The number of hydrogen-bond donors (Lipinski definition) is 1. The second-order valence-electron chi connectivity index (χ2n) is 2.28. The van der Waals surface area contributed by atoms with Crippen LogP contribution in [0.15, 0.2) is 18.2 Å². The van der Waals surface area contributed by atoms with E-state index in [1.807, 2.05) is 0 Å². The van der Waals surface area contributed by atoms with Crippen LogP contribution in [0.5, 0.6) is 0 Å². The Morgan fingerprint density at radius 2 is 1.75 bits per heavy atom. The maximum Gasteiger partial charge on any atom is 0.153 e. The molecule has 0 saturated carbocycles. The van der Waals surface area contributed by atoms with Crippen LogP contribution in [0.3, 0.4) is 0 Å². The fraction of sp³-hybridized carbons (Fsp3) is 0.125. The van der Waals surface area contributed by atoms with Gasteiger partial charge in [-0.25, -0.2) is 8.78 Å². The number of aliphatic hydroxyl groups excluding tert-OH is 1. The van der Waals surface area contributed by atoms with Gasteiger partial charge in [-0.3, -0.25) is 0 Å². The number of aldehydes is 1. The number of rotatable bonds is 2. The molecule has 0 aromatic heterocycles. The van der Waals surface area contributed by atoms with Gasteiger partial charge >= 0.3 is 0 Å². The monoisotopic (exact) mass is 172 g/mol. The summed E-state index contributed by atoms with van der Waals surface area (Å²) in [6, 6.07) is 2.48. The van der Waals surface area contributed by atoms with Crippen LogP contribution < -0.4 is 0 Å². The summed E-state index contributed by atoms with van der Waals surface area (Å²) in [6.07, 6.45) is -1.26. The zero-order valence-electron chi connectivity index (χ0n) is 6.00. The van der Waals surface area contributed by atoms with Crippen molar-refractivity contribution >= 4 is 6.29 Å². The van der Waals surface area contributed by atoms with Crippen molar-refractivity contribution in [3.8, 4) is 0 Å². The normalized spacial score (nSPS) is 12.6. The molecule has 0 spiro atoms. The molecule has 0 aliphatic rings. The van der Waals surface area contributed by atoms with E-state index in [0.717, 1.165) is 12.1 Å². The maximum atomic E-state index is 12.5. The van der Waals surface area contributed by atoms with Crippen LogP contribution >= 0.6 is 0 Å². The molecule has 0 unspecified atom stereocenters. The van der Waals surface area contributed by atoms with Crippen LogP contribution in [-0.4, -0.2) is 11.4 Å². The Kier molecular flexibility index (Phi) is 2.50. The van der Waals surface area contributed by atoms with E-state index in [1.54, 1.807) is 0 Å². The Balaban J connectivity index is 3.08. The van der Waals surface area contributed by atoms with Gasteiger partial charge in [0, 0.05) is 6.07 Å². The molecule has 0 aliphatic heterocycles. The molecule has 0 amide bonds. The Morgan fingerprint density at radius 3 is 2.17 bits per heavy atom. The molecule has 4 heteroatoms. The first-order valence-corrected chi connectivity index (χ1v) is 3.23. The Hall–Kier alpha value is -1.29. The molecule has 0 aliphatic carbocycles. The Bertz CT molecular complexity index is 279. The van der Waals surface area contributed by atoms with Gasteiger partial charge in [-0.15, -0.1) is 0 Å². The summed E-state index contributed by atoms with van der Waals surface area (Å²) in [5, 5.41) is 8.88. The zero-order chi connectivity index (χ0) is 9.14. The van der Waals surface area contributed by atoms with Crippen molar-refractivity contribution in [3.05, 3.63) is 35.4 Å². The van der Waals surface area contributed by atoms with Crippen LogP contribution in [0.1, 0.15) is 11.7 Å². The second-order valence-corrected chi connectivity index (χ2v) is 2.28. The highest BCUT2D eigenvalue weighted by molar-refractivity contribution is 5.59. The molecule has 1 N–H and O–H groups in total. The SMILES string of the molecule is O=C[C@@H](O)c1cc(F)cc(F)c1. The largest absolute Gasteiger partial charge is 0.381 e. The first-order valence-electron chi connectivity index (χ1n) is 3.23. The summed E-state index contributed by atoms with van der Waals surface area (Å²) in [6.45, 7) is 0.